The number of fused-ring (bicyclic) bond motifs is 2. The number of amides is 15. The van der Waals surface area contributed by atoms with Crippen molar-refractivity contribution in [2.24, 2.45) is 29.0 Å². The number of aliphatic hydroxyl groups is 1. The highest BCUT2D eigenvalue weighted by atomic mass is 19.4. The highest BCUT2D eigenvalue weighted by Crippen LogP contribution is 2.26. The minimum Gasteiger partial charge on any atom is -0.508 e. The number of aliphatic carboxylic acids is 1. The number of aromatic hydroxyl groups is 1. The van der Waals surface area contributed by atoms with Crippen molar-refractivity contribution in [3.05, 3.63) is 120 Å². The van der Waals surface area contributed by atoms with Gasteiger partial charge in [0.2, 0.25) is 88.6 Å². The standard InChI is InChI=1S/C83H115N25O17.C2HF3O2/c1-44(2)31-58(71(115)99-56(17-9-27-90-82(85)86)80(124)107-29-11-19-65(107)78(122)94-40-67(84)111)98-69(113)41-95-79(123)66-20-12-30-108(66)81(125)57(18-10-28-91-83(87)88)100-72(116)59(32-45(3)4)101-74(118)61(34-47-37-92-53-15-7-5-13-51(47)53)103-73(117)60(33-46-21-23-50(110)24-22-46)102-77(121)64(42-109)106-75(119)62(35-48-38-93-54-16-8-6-14-52(48)54)104-76(120)63(36-49-39-89-43-96-49)105-70(114)55-25-26-68(112)97-55;3-2(4,5)1(6)7/h5-8,13-16,21-24,37-39,43-45,55-66,92-93,109-110H,9-12,17-20,25-36,40-42H2,1-4H3,(H2,84,111)(H,89,96)(H,94,122)(H,95,123)(H,97,112)(H,98,113)(H,99,115)(H,100,116)(H,101,118)(H,102,121)(H,103,117)(H,104,120)(H,105,114)(H,106,119)(H4,85,86,90)(H4,87,88,91);(H,6,7)/t55-,56-,57-,58-,59-,60-,61+,62-,63-,64-,65-,66-;/m0./s1. The number of hydrogen-bond acceptors (Lipinski definition) is 21. The lowest BCUT2D eigenvalue weighted by molar-refractivity contribution is -0.192. The maximum Gasteiger partial charge on any atom is 0.490 e. The van der Waals surface area contributed by atoms with Gasteiger partial charge in [-0.25, -0.2) is 9.78 Å². The predicted octanol–water partition coefficient (Wildman–Crippen LogP) is -3.07. The number of aromatic nitrogens is 4. The minimum absolute atomic E-state index is 0.00974. The Kier molecular flexibility index (Phi) is 38.5. The summed E-state index contributed by atoms with van der Waals surface area (Å²) in [5.41, 5.74) is 19.5. The van der Waals surface area contributed by atoms with Crippen LogP contribution in [0.15, 0.2) is 97.7 Å². The Bertz CT molecular complexity index is 5090. The SMILES string of the molecule is CC(C)C[C@H](NC(=O)CNC(=O)[C@@H]1CCCN1C(=O)[C@H](CCCNC(=N)N)NC(=O)[C@H](CC(C)C)NC(=O)[C@@H](Cc1c[nH]c2ccccc12)NC(=O)[C@H](Cc1ccc(O)cc1)NC(=O)[C@H](CO)NC(=O)[C@H](Cc1c[nH]c2ccccc12)NC(=O)[C@H](Cc1cnc[nH]1)NC(=O)[C@@H]1CCC(=O)N1)C(=O)N[C@@H](CCCNC(=N)N)C(=O)N1CCC[C@H]1C(=O)NCC(N)=O.O=C(O)C(F)(F)F. The fourth-order valence-electron chi connectivity index (χ4n) is 15.4. The first-order chi connectivity index (χ1) is 62.7. The van der Waals surface area contributed by atoms with Crippen molar-refractivity contribution in [1.29, 1.82) is 10.8 Å². The summed E-state index contributed by atoms with van der Waals surface area (Å²) in [7, 11) is 0. The summed E-state index contributed by atoms with van der Waals surface area (Å²) in [6, 6.07) is 3.35. The van der Waals surface area contributed by atoms with Gasteiger partial charge < -0.3 is 132 Å². The third kappa shape index (κ3) is 31.5. The van der Waals surface area contributed by atoms with E-state index in [0.29, 0.717) is 57.0 Å². The summed E-state index contributed by atoms with van der Waals surface area (Å²) in [6.07, 6.45) is 1.60. The molecule has 47 heteroatoms. The number of carboxylic acids is 1. The molecule has 44 nitrogen and oxygen atoms in total. The van der Waals surface area contributed by atoms with E-state index in [-0.39, 0.29) is 151 Å². The van der Waals surface area contributed by atoms with E-state index in [9.17, 15) is 76.1 Å². The van der Waals surface area contributed by atoms with E-state index in [4.69, 9.17) is 37.9 Å². The molecule has 3 aromatic carbocycles. The number of rotatable bonds is 46. The van der Waals surface area contributed by atoms with E-state index >= 15 is 19.2 Å². The van der Waals surface area contributed by atoms with Crippen molar-refractivity contribution in [2.45, 2.75) is 209 Å². The molecule has 6 heterocycles. The molecule has 3 aromatic heterocycles. The first-order valence-electron chi connectivity index (χ1n) is 43.0. The number of para-hydroxylation sites is 2. The third-order valence-electron chi connectivity index (χ3n) is 21.9. The molecule has 716 valence electrons. The minimum atomic E-state index is -5.08. The number of phenolic OH excluding ortho intramolecular Hbond substituents is 1. The highest BCUT2D eigenvalue weighted by Gasteiger charge is 2.44. The van der Waals surface area contributed by atoms with Crippen LogP contribution in [-0.4, -0.2) is 276 Å². The van der Waals surface area contributed by atoms with Crippen molar-refractivity contribution < 1.29 is 105 Å². The molecule has 0 radical (unpaired) electrons. The lowest BCUT2D eigenvalue weighted by Crippen LogP contribution is -2.61. The van der Waals surface area contributed by atoms with Crippen LogP contribution in [0.1, 0.15) is 127 Å². The Morgan fingerprint density at radius 3 is 1.36 bits per heavy atom. The number of aliphatic hydroxyl groups excluding tert-OH is 1. The molecule has 0 spiro atoms. The Hall–Kier alpha value is -14.4. The fourth-order valence-corrected chi connectivity index (χ4v) is 15.4. The number of benzene rings is 3. The summed E-state index contributed by atoms with van der Waals surface area (Å²) in [4.78, 5) is 237. The zero-order valence-electron chi connectivity index (χ0n) is 73.2. The topological polar surface area (TPSA) is 695 Å². The van der Waals surface area contributed by atoms with E-state index in [2.05, 4.69) is 94.4 Å². The van der Waals surface area contributed by atoms with Gasteiger partial charge >= 0.3 is 12.1 Å². The van der Waals surface area contributed by atoms with Gasteiger partial charge in [0.25, 0.3) is 0 Å². The molecular formula is C85H116F3N25O19. The van der Waals surface area contributed by atoms with Gasteiger partial charge in [0.1, 0.15) is 78.3 Å². The van der Waals surface area contributed by atoms with Crippen LogP contribution in [0, 0.1) is 22.7 Å². The zero-order chi connectivity index (χ0) is 96.6. The molecule has 0 bridgehead atoms. The van der Waals surface area contributed by atoms with Crippen LogP contribution in [0.3, 0.4) is 0 Å². The second kappa shape index (κ2) is 49.4. The first-order valence-corrected chi connectivity index (χ1v) is 43.0. The van der Waals surface area contributed by atoms with Crippen molar-refractivity contribution in [3.8, 4) is 5.75 Å². The van der Waals surface area contributed by atoms with Gasteiger partial charge in [-0.3, -0.25) is 82.7 Å². The van der Waals surface area contributed by atoms with Gasteiger partial charge in [-0.15, -0.1) is 0 Å². The van der Waals surface area contributed by atoms with Crippen LogP contribution in [0.4, 0.5) is 13.2 Å². The summed E-state index contributed by atoms with van der Waals surface area (Å²) >= 11 is 0. The second-order valence-electron chi connectivity index (χ2n) is 33.0. The molecule has 132 heavy (non-hydrogen) atoms. The number of carboxylic acid groups (broad SMARTS) is 1. The molecule has 15 amide bonds. The molecule has 9 rings (SSSR count). The van der Waals surface area contributed by atoms with E-state index < -0.39 is 187 Å². The smallest absolute Gasteiger partial charge is 0.490 e. The quantitative estimate of drug-likeness (QED) is 0.0102. The number of nitrogens with two attached hydrogens (primary N) is 3. The normalized spacial score (nSPS) is 16.7. The van der Waals surface area contributed by atoms with Gasteiger partial charge in [-0.1, -0.05) is 76.2 Å². The number of hydrogen-bond donors (Lipinski definition) is 25. The van der Waals surface area contributed by atoms with Gasteiger partial charge in [0.05, 0.1) is 26.0 Å². The Morgan fingerprint density at radius 2 is 0.932 bits per heavy atom. The van der Waals surface area contributed by atoms with Gasteiger partial charge in [0, 0.05) is 104 Å². The van der Waals surface area contributed by atoms with Gasteiger partial charge in [-0.2, -0.15) is 13.2 Å². The first kappa shape index (κ1) is 103. The number of imidazole rings is 1. The zero-order valence-corrected chi connectivity index (χ0v) is 73.2. The van der Waals surface area contributed by atoms with Crippen LogP contribution in [-0.2, 0) is 102 Å². The number of alkyl halides is 3. The average Bonchev–Trinajstić information content (AvgIpc) is 1.62. The van der Waals surface area contributed by atoms with E-state index in [0.717, 1.165) is 0 Å². The lowest BCUT2D eigenvalue weighted by atomic mass is 9.99. The molecule has 6 aromatic rings. The summed E-state index contributed by atoms with van der Waals surface area (Å²) in [5, 5.41) is 82.5. The van der Waals surface area contributed by atoms with Gasteiger partial charge in [-0.05, 0) is 123 Å². The van der Waals surface area contributed by atoms with Crippen LogP contribution in [0.2, 0.25) is 0 Å². The number of carbonyl (C=O) groups is 16. The van der Waals surface area contributed by atoms with Crippen LogP contribution in [0.5, 0.6) is 5.75 Å². The van der Waals surface area contributed by atoms with Crippen LogP contribution < -0.4 is 91.6 Å². The molecule has 0 unspecified atom stereocenters. The van der Waals surface area contributed by atoms with Crippen LogP contribution >= 0.6 is 0 Å². The molecule has 3 fully saturated rings. The molecular weight excluding hydrogens is 1730 g/mol. The maximum absolute atomic E-state index is 15.4. The molecule has 3 aliphatic heterocycles. The number of aromatic amines is 3. The second-order valence-corrected chi connectivity index (χ2v) is 33.0. The van der Waals surface area contributed by atoms with E-state index in [1.807, 2.05) is 0 Å². The number of H-pyrrole nitrogens is 3. The monoisotopic (exact) mass is 1850 g/mol. The third-order valence-corrected chi connectivity index (χ3v) is 21.9. The number of guanidine groups is 2. The summed E-state index contributed by atoms with van der Waals surface area (Å²) < 4.78 is 31.7. The Balaban J connectivity index is 0.00000294. The highest BCUT2D eigenvalue weighted by molar-refractivity contribution is 6.01. The number of likely N-dealkylation sites (tertiary alicyclic amines) is 2. The Morgan fingerprint density at radius 1 is 0.515 bits per heavy atom. The fraction of sp³-hybridized carbons (Fsp3) is 0.494. The summed E-state index contributed by atoms with van der Waals surface area (Å²) in [6.45, 7) is 5.26. The number of primary amides is 1. The van der Waals surface area contributed by atoms with Crippen molar-refractivity contribution in [3.63, 3.8) is 0 Å². The number of carbonyl (C=O) groups excluding carboxylic acids is 15. The van der Waals surface area contributed by atoms with Crippen LogP contribution in [0.25, 0.3) is 21.8 Å². The average molecular weight is 1850 g/mol. The van der Waals surface area contributed by atoms with E-state index in [1.165, 1.54) is 46.6 Å². The number of phenols is 1. The largest absolute Gasteiger partial charge is 0.508 e. The van der Waals surface area contributed by atoms with Crippen molar-refractivity contribution in [2.75, 3.05) is 45.9 Å². The lowest BCUT2D eigenvalue weighted by Gasteiger charge is -2.31. The predicted molar refractivity (Wildman–Crippen MR) is 469 cm³/mol. The number of halogens is 3. The van der Waals surface area contributed by atoms with Gasteiger partial charge in [0.15, 0.2) is 11.9 Å². The molecule has 3 aliphatic rings. The van der Waals surface area contributed by atoms with E-state index in [1.54, 1.807) is 88.6 Å². The molecule has 28 N–H and O–H groups in total. The number of nitrogens with zero attached hydrogens (tertiary/aromatic N) is 3. The molecule has 0 aliphatic carbocycles. The molecule has 0 saturated carbocycles. The Labute approximate surface area is 755 Å². The van der Waals surface area contributed by atoms with Crippen molar-refractivity contribution in [1.82, 2.24) is 104 Å². The molecule has 12 atom stereocenters. The molecule has 3 saturated heterocycles. The number of nitrogens with one attached hydrogen (secondary N) is 19. The maximum atomic E-state index is 15.4. The van der Waals surface area contributed by atoms with Crippen molar-refractivity contribution >= 4 is 128 Å². The summed E-state index contributed by atoms with van der Waals surface area (Å²) in [5.74, 6) is -16.0.